The Morgan fingerprint density at radius 2 is 0.767 bits per heavy atom. The molecular formula is C39H25N3O. The van der Waals surface area contributed by atoms with Crippen LogP contribution in [-0.2, 0) is 0 Å². The van der Waals surface area contributed by atoms with Crippen LogP contribution in [0, 0.1) is 0 Å². The van der Waals surface area contributed by atoms with Crippen LogP contribution in [0.3, 0.4) is 0 Å². The van der Waals surface area contributed by atoms with Crippen molar-refractivity contribution in [1.29, 1.82) is 0 Å². The lowest BCUT2D eigenvalue weighted by molar-refractivity contribution is 0.584. The van der Waals surface area contributed by atoms with Gasteiger partial charge in [-0.15, -0.1) is 10.2 Å². The Morgan fingerprint density at radius 1 is 0.349 bits per heavy atom. The molecule has 8 rings (SSSR count). The molecule has 0 unspecified atom stereocenters. The van der Waals surface area contributed by atoms with Gasteiger partial charge in [0.05, 0.1) is 5.69 Å². The molecule has 4 heteroatoms. The quantitative estimate of drug-likeness (QED) is 0.200. The first-order valence-corrected chi connectivity index (χ1v) is 14.3. The van der Waals surface area contributed by atoms with Crippen LogP contribution in [0.4, 0.5) is 0 Å². The molecule has 8 aromatic rings. The minimum atomic E-state index is 0.502. The minimum Gasteiger partial charge on any atom is -0.416 e. The summed E-state index contributed by atoms with van der Waals surface area (Å²) in [5, 5.41) is 13.4. The lowest BCUT2D eigenvalue weighted by atomic mass is 9.86. The standard InChI is InChI=1S/C39H25N3O/c1-3-11-26(12-4-1)35-24-23-30(25-40-35)37-33-17-9-7-15-31(33)36(32-16-8-10-18-34(32)37)27-19-21-29(22-20-27)39-42-41-38(43-39)28-13-5-2-6-14-28/h1-25H. The molecule has 0 atom stereocenters. The molecule has 0 aliphatic rings. The Bertz CT molecular complexity index is 2150. The van der Waals surface area contributed by atoms with Crippen molar-refractivity contribution >= 4 is 21.5 Å². The first-order valence-electron chi connectivity index (χ1n) is 14.3. The van der Waals surface area contributed by atoms with E-state index in [9.17, 15) is 0 Å². The summed E-state index contributed by atoms with van der Waals surface area (Å²) in [4.78, 5) is 4.86. The van der Waals surface area contributed by atoms with Gasteiger partial charge in [-0.1, -0.05) is 115 Å². The van der Waals surface area contributed by atoms with Gasteiger partial charge in [-0.25, -0.2) is 0 Å². The van der Waals surface area contributed by atoms with Crippen molar-refractivity contribution in [3.8, 4) is 56.4 Å². The summed E-state index contributed by atoms with van der Waals surface area (Å²) in [6, 6.07) is 50.1. The lowest BCUT2D eigenvalue weighted by Gasteiger charge is -2.17. The van der Waals surface area contributed by atoms with Crippen LogP contribution in [-0.4, -0.2) is 15.2 Å². The monoisotopic (exact) mass is 551 g/mol. The molecule has 0 aliphatic carbocycles. The van der Waals surface area contributed by atoms with Gasteiger partial charge in [0.2, 0.25) is 11.8 Å². The molecule has 0 fully saturated rings. The fourth-order valence-electron chi connectivity index (χ4n) is 5.89. The van der Waals surface area contributed by atoms with Crippen LogP contribution in [0.25, 0.3) is 78.0 Å². The highest BCUT2D eigenvalue weighted by molar-refractivity contribution is 6.21. The Hall–Kier alpha value is -5.87. The van der Waals surface area contributed by atoms with Crippen molar-refractivity contribution in [1.82, 2.24) is 15.2 Å². The van der Waals surface area contributed by atoms with Gasteiger partial charge in [0.1, 0.15) is 0 Å². The number of fused-ring (bicyclic) bond motifs is 2. The molecule has 43 heavy (non-hydrogen) atoms. The Morgan fingerprint density at radius 3 is 1.28 bits per heavy atom. The van der Waals surface area contributed by atoms with Gasteiger partial charge >= 0.3 is 0 Å². The summed E-state index contributed by atoms with van der Waals surface area (Å²) in [5.74, 6) is 1.01. The predicted molar refractivity (Wildman–Crippen MR) is 174 cm³/mol. The van der Waals surface area contributed by atoms with E-state index in [-0.39, 0.29) is 0 Å². The smallest absolute Gasteiger partial charge is 0.248 e. The van der Waals surface area contributed by atoms with Crippen molar-refractivity contribution in [2.45, 2.75) is 0 Å². The van der Waals surface area contributed by atoms with E-state index in [1.165, 1.54) is 32.7 Å². The van der Waals surface area contributed by atoms with Crippen molar-refractivity contribution in [3.05, 3.63) is 152 Å². The van der Waals surface area contributed by atoms with Gasteiger partial charge in [-0.3, -0.25) is 4.98 Å². The zero-order chi connectivity index (χ0) is 28.6. The highest BCUT2D eigenvalue weighted by atomic mass is 16.4. The number of hydrogen-bond acceptors (Lipinski definition) is 4. The fraction of sp³-hybridized carbons (Fsp3) is 0. The molecule has 4 nitrogen and oxygen atoms in total. The van der Waals surface area contributed by atoms with Crippen molar-refractivity contribution < 1.29 is 4.42 Å². The Labute approximate surface area is 249 Å². The van der Waals surface area contributed by atoms with Gasteiger partial charge in [-0.2, -0.15) is 0 Å². The second-order valence-corrected chi connectivity index (χ2v) is 10.5. The fourth-order valence-corrected chi connectivity index (χ4v) is 5.89. The summed E-state index contributed by atoms with van der Waals surface area (Å²) < 4.78 is 6.01. The molecule has 0 N–H and O–H groups in total. The van der Waals surface area contributed by atoms with Crippen LogP contribution < -0.4 is 0 Å². The topological polar surface area (TPSA) is 51.8 Å². The van der Waals surface area contributed by atoms with E-state index in [4.69, 9.17) is 9.40 Å². The minimum absolute atomic E-state index is 0.502. The normalized spacial score (nSPS) is 11.3. The third kappa shape index (κ3) is 4.46. The van der Waals surface area contributed by atoms with E-state index in [1.54, 1.807) is 0 Å². The number of nitrogens with zero attached hydrogens (tertiary/aromatic N) is 3. The molecule has 0 amide bonds. The van der Waals surface area contributed by atoms with E-state index >= 15 is 0 Å². The first kappa shape index (κ1) is 24.9. The third-order valence-electron chi connectivity index (χ3n) is 7.92. The van der Waals surface area contributed by atoms with E-state index in [0.29, 0.717) is 11.8 Å². The predicted octanol–water partition coefficient (Wildman–Crippen LogP) is 10.1. The second-order valence-electron chi connectivity index (χ2n) is 10.5. The highest BCUT2D eigenvalue weighted by Crippen LogP contribution is 2.43. The summed E-state index contributed by atoms with van der Waals surface area (Å²) in [6.45, 7) is 0. The van der Waals surface area contributed by atoms with Crippen molar-refractivity contribution in [2.75, 3.05) is 0 Å². The van der Waals surface area contributed by atoms with Crippen molar-refractivity contribution in [3.63, 3.8) is 0 Å². The van der Waals surface area contributed by atoms with Gasteiger partial charge < -0.3 is 4.42 Å². The van der Waals surface area contributed by atoms with Crippen LogP contribution in [0.5, 0.6) is 0 Å². The molecule has 0 spiro atoms. The molecule has 0 saturated carbocycles. The highest BCUT2D eigenvalue weighted by Gasteiger charge is 2.17. The average Bonchev–Trinajstić information content (AvgIpc) is 3.59. The maximum absolute atomic E-state index is 6.01. The van der Waals surface area contributed by atoms with E-state index in [1.807, 2.05) is 54.7 Å². The van der Waals surface area contributed by atoms with Gasteiger partial charge in [0, 0.05) is 28.5 Å². The molecule has 2 aromatic heterocycles. The number of hydrogen-bond donors (Lipinski definition) is 0. The summed E-state index contributed by atoms with van der Waals surface area (Å²) in [6.07, 6.45) is 2.00. The zero-order valence-corrected chi connectivity index (χ0v) is 23.2. The Kier molecular flexibility index (Phi) is 6.08. The molecule has 2 heterocycles. The lowest BCUT2D eigenvalue weighted by Crippen LogP contribution is -1.92. The Balaban J connectivity index is 1.24. The second kappa shape index (κ2) is 10.5. The van der Waals surface area contributed by atoms with E-state index in [2.05, 4.69) is 107 Å². The van der Waals surface area contributed by atoms with E-state index in [0.717, 1.165) is 33.5 Å². The molecular weight excluding hydrogens is 526 g/mol. The molecule has 202 valence electrons. The van der Waals surface area contributed by atoms with Crippen LogP contribution in [0.15, 0.2) is 156 Å². The number of pyridine rings is 1. The average molecular weight is 552 g/mol. The molecule has 6 aromatic carbocycles. The van der Waals surface area contributed by atoms with Crippen LogP contribution in [0.1, 0.15) is 0 Å². The van der Waals surface area contributed by atoms with Crippen LogP contribution in [0.2, 0.25) is 0 Å². The first-order chi connectivity index (χ1) is 21.3. The van der Waals surface area contributed by atoms with Gasteiger partial charge in [0.25, 0.3) is 0 Å². The summed E-state index contributed by atoms with van der Waals surface area (Å²) in [5.41, 5.74) is 8.48. The number of aromatic nitrogens is 3. The summed E-state index contributed by atoms with van der Waals surface area (Å²) in [7, 11) is 0. The molecule has 0 radical (unpaired) electrons. The maximum atomic E-state index is 6.01. The summed E-state index contributed by atoms with van der Waals surface area (Å²) >= 11 is 0. The molecule has 0 aliphatic heterocycles. The molecule has 0 saturated heterocycles. The SMILES string of the molecule is c1ccc(-c2ccc(-c3c4ccccc4c(-c4ccc(-c5nnc(-c6ccccc6)o5)cc4)c4ccccc34)cn2)cc1. The number of benzene rings is 6. The van der Waals surface area contributed by atoms with Gasteiger partial charge in [-0.05, 0) is 68.6 Å². The van der Waals surface area contributed by atoms with E-state index < -0.39 is 0 Å². The zero-order valence-electron chi connectivity index (χ0n) is 23.2. The third-order valence-corrected chi connectivity index (χ3v) is 7.92. The maximum Gasteiger partial charge on any atom is 0.248 e. The molecule has 0 bridgehead atoms. The van der Waals surface area contributed by atoms with Crippen LogP contribution >= 0.6 is 0 Å². The van der Waals surface area contributed by atoms with Crippen molar-refractivity contribution in [2.24, 2.45) is 0 Å². The largest absolute Gasteiger partial charge is 0.416 e. The van der Waals surface area contributed by atoms with Gasteiger partial charge in [0.15, 0.2) is 0 Å². The number of rotatable bonds is 5.